The Morgan fingerprint density at radius 2 is 1.78 bits per heavy atom. The second-order valence-electron chi connectivity index (χ2n) is 9.24. The minimum atomic E-state index is -3.78. The van der Waals surface area contributed by atoms with Crippen LogP contribution in [0, 0.1) is 17.2 Å². The molecular formula is C27H32N4O4S2. The summed E-state index contributed by atoms with van der Waals surface area (Å²) in [5, 5.41) is 16.0. The summed E-state index contributed by atoms with van der Waals surface area (Å²) in [5.41, 5.74) is 0.107. The highest BCUT2D eigenvalue weighted by Gasteiger charge is 2.25. The van der Waals surface area contributed by atoms with Gasteiger partial charge in [0.05, 0.1) is 15.3 Å². The minimum absolute atomic E-state index is 0.0146. The number of nitrogens with one attached hydrogen (secondary N) is 2. The van der Waals surface area contributed by atoms with Gasteiger partial charge in [0, 0.05) is 24.8 Å². The fourth-order valence-electron chi connectivity index (χ4n) is 3.89. The number of rotatable bonds is 12. The second kappa shape index (κ2) is 12.8. The highest BCUT2D eigenvalue weighted by Crippen LogP contribution is 2.25. The van der Waals surface area contributed by atoms with Gasteiger partial charge in [-0.1, -0.05) is 44.2 Å². The van der Waals surface area contributed by atoms with Gasteiger partial charge in [-0.15, -0.1) is 11.3 Å². The fourth-order valence-corrected chi connectivity index (χ4v) is 6.21. The van der Waals surface area contributed by atoms with E-state index in [1.165, 1.54) is 34.8 Å². The summed E-state index contributed by atoms with van der Waals surface area (Å²) in [5.74, 6) is -0.327. The van der Waals surface area contributed by atoms with Gasteiger partial charge >= 0.3 is 0 Å². The van der Waals surface area contributed by atoms with E-state index in [4.69, 9.17) is 0 Å². The van der Waals surface area contributed by atoms with Gasteiger partial charge in [0.1, 0.15) is 12.1 Å². The van der Waals surface area contributed by atoms with Crippen molar-refractivity contribution in [1.29, 1.82) is 5.26 Å². The maximum Gasteiger partial charge on any atom is 0.262 e. The molecule has 0 saturated carbocycles. The number of nitriles is 1. The van der Waals surface area contributed by atoms with E-state index in [0.29, 0.717) is 30.7 Å². The number of fused-ring (bicyclic) bond motifs is 1. The number of hydrogen-bond acceptors (Lipinski definition) is 6. The van der Waals surface area contributed by atoms with Crippen molar-refractivity contribution in [3.8, 4) is 6.07 Å². The number of amides is 2. The molecular weight excluding hydrogens is 508 g/mol. The topological polar surface area (TPSA) is 119 Å². The number of sulfonamides is 1. The minimum Gasteiger partial charge on any atom is -0.354 e. The molecule has 0 aliphatic carbocycles. The Bertz CT molecular complexity index is 1360. The van der Waals surface area contributed by atoms with Crippen LogP contribution in [0.3, 0.4) is 0 Å². The maximum absolute atomic E-state index is 12.9. The van der Waals surface area contributed by atoms with Crippen LogP contribution < -0.4 is 10.6 Å². The Morgan fingerprint density at radius 1 is 1.08 bits per heavy atom. The molecule has 0 bridgehead atoms. The van der Waals surface area contributed by atoms with Crippen molar-refractivity contribution in [3.05, 3.63) is 65.0 Å². The molecule has 0 spiro atoms. The third-order valence-electron chi connectivity index (χ3n) is 5.87. The molecule has 8 nitrogen and oxygen atoms in total. The summed E-state index contributed by atoms with van der Waals surface area (Å²) in [4.78, 5) is 26.3. The third kappa shape index (κ3) is 7.38. The van der Waals surface area contributed by atoms with E-state index in [2.05, 4.69) is 10.6 Å². The van der Waals surface area contributed by atoms with Crippen LogP contribution in [-0.4, -0.2) is 50.7 Å². The van der Waals surface area contributed by atoms with Gasteiger partial charge in [-0.2, -0.15) is 5.26 Å². The number of hydrogen-bond donors (Lipinski definition) is 2. The van der Waals surface area contributed by atoms with Crippen LogP contribution in [0.4, 0.5) is 0 Å². The largest absolute Gasteiger partial charge is 0.354 e. The average molecular weight is 541 g/mol. The Morgan fingerprint density at radius 3 is 2.49 bits per heavy atom. The molecule has 0 aliphatic heterocycles. The first kappa shape index (κ1) is 28.3. The van der Waals surface area contributed by atoms with Crippen LogP contribution in [-0.2, 0) is 14.8 Å². The van der Waals surface area contributed by atoms with Crippen molar-refractivity contribution < 1.29 is 18.0 Å². The molecule has 0 saturated heterocycles. The summed E-state index contributed by atoms with van der Waals surface area (Å²) >= 11 is 1.39. The Labute approximate surface area is 222 Å². The molecule has 37 heavy (non-hydrogen) atoms. The monoisotopic (exact) mass is 540 g/mol. The zero-order chi connectivity index (χ0) is 27.0. The normalized spacial score (nSPS) is 12.4. The number of carbonyl (C=O) groups excluding carboxylic acids is 2. The van der Waals surface area contributed by atoms with Crippen molar-refractivity contribution in [2.24, 2.45) is 5.92 Å². The predicted molar refractivity (Wildman–Crippen MR) is 146 cm³/mol. The molecule has 10 heteroatoms. The zero-order valence-electron chi connectivity index (χ0n) is 21.2. The first-order valence-electron chi connectivity index (χ1n) is 12.2. The summed E-state index contributed by atoms with van der Waals surface area (Å²) in [6, 6.07) is 16.9. The average Bonchev–Trinajstić information content (AvgIpc) is 3.32. The van der Waals surface area contributed by atoms with E-state index in [9.17, 15) is 23.3 Å². The maximum atomic E-state index is 12.9. The molecule has 2 N–H and O–H groups in total. The molecule has 0 aliphatic rings. The van der Waals surface area contributed by atoms with E-state index in [-0.39, 0.29) is 34.7 Å². The van der Waals surface area contributed by atoms with E-state index < -0.39 is 16.1 Å². The summed E-state index contributed by atoms with van der Waals surface area (Å²) in [6.45, 7) is 4.59. The lowest BCUT2D eigenvalue weighted by atomic mass is 10.0. The molecule has 0 fully saturated rings. The molecule has 3 rings (SSSR count). The van der Waals surface area contributed by atoms with Gasteiger partial charge < -0.3 is 10.6 Å². The number of benzene rings is 2. The van der Waals surface area contributed by atoms with Crippen LogP contribution in [0.5, 0.6) is 0 Å². The molecule has 3 aromatic rings. The smallest absolute Gasteiger partial charge is 0.262 e. The molecule has 1 atom stereocenters. The lowest BCUT2D eigenvalue weighted by Gasteiger charge is -2.20. The van der Waals surface area contributed by atoms with Gasteiger partial charge in [0.15, 0.2) is 0 Å². The molecule has 1 heterocycles. The van der Waals surface area contributed by atoms with E-state index in [0.717, 1.165) is 10.1 Å². The van der Waals surface area contributed by atoms with Gasteiger partial charge in [0.25, 0.3) is 5.91 Å². The quantitative estimate of drug-likeness (QED) is 0.335. The number of carbonyl (C=O) groups is 2. The second-order valence-corrected chi connectivity index (χ2v) is 12.3. The van der Waals surface area contributed by atoms with Crippen molar-refractivity contribution >= 4 is 43.3 Å². The number of unbranched alkanes of at least 4 members (excludes halogenated alkanes) is 1. The van der Waals surface area contributed by atoms with Gasteiger partial charge in [-0.25, -0.2) is 12.7 Å². The van der Waals surface area contributed by atoms with Crippen LogP contribution in [0.1, 0.15) is 48.3 Å². The van der Waals surface area contributed by atoms with Crippen molar-refractivity contribution in [2.45, 2.75) is 44.0 Å². The highest BCUT2D eigenvalue weighted by atomic mass is 32.2. The number of thiophene rings is 1. The Balaban J connectivity index is 1.51. The molecule has 0 radical (unpaired) electrons. The first-order chi connectivity index (χ1) is 17.6. The van der Waals surface area contributed by atoms with E-state index in [1.54, 1.807) is 12.1 Å². The fraction of sp³-hybridized carbons (Fsp3) is 0.370. The van der Waals surface area contributed by atoms with Crippen molar-refractivity contribution in [3.63, 3.8) is 0 Å². The van der Waals surface area contributed by atoms with E-state index >= 15 is 0 Å². The summed E-state index contributed by atoms with van der Waals surface area (Å²) < 4.78 is 27.9. The Kier molecular flexibility index (Phi) is 9.80. The predicted octanol–water partition coefficient (Wildman–Crippen LogP) is 4.13. The molecule has 2 amide bonds. The Hall–Kier alpha value is -3.26. The molecule has 196 valence electrons. The third-order valence-corrected chi connectivity index (χ3v) is 8.90. The molecule has 2 aromatic carbocycles. The van der Waals surface area contributed by atoms with Crippen LogP contribution in [0.2, 0.25) is 0 Å². The standard InChI is InChI=1S/C27H32N4O4S2/c1-19(2)16-22(30-27(33)24-17-20-10-4-6-12-23(20)36-24)26(32)29-14-8-9-15-31(3)37(34,35)25-13-7-5-11-21(25)18-28/h4-7,10-13,17,19,22H,8-9,14-16H2,1-3H3,(H,29,32)(H,30,33)/t22-/m0/s1. The van der Waals surface area contributed by atoms with Crippen LogP contribution >= 0.6 is 11.3 Å². The summed E-state index contributed by atoms with van der Waals surface area (Å²) in [6.07, 6.45) is 1.58. The highest BCUT2D eigenvalue weighted by molar-refractivity contribution is 7.89. The SMILES string of the molecule is CC(C)C[C@H](NC(=O)c1cc2ccccc2s1)C(=O)NCCCCN(C)S(=O)(=O)c1ccccc1C#N. The summed E-state index contributed by atoms with van der Waals surface area (Å²) in [7, 11) is -2.31. The van der Waals surface area contributed by atoms with Crippen molar-refractivity contribution in [2.75, 3.05) is 20.1 Å². The van der Waals surface area contributed by atoms with Gasteiger partial charge in [-0.05, 0) is 54.8 Å². The van der Waals surface area contributed by atoms with Gasteiger partial charge in [-0.3, -0.25) is 9.59 Å². The zero-order valence-corrected chi connectivity index (χ0v) is 22.9. The molecule has 1 aromatic heterocycles. The lowest BCUT2D eigenvalue weighted by Crippen LogP contribution is -2.47. The molecule has 0 unspecified atom stereocenters. The van der Waals surface area contributed by atoms with Crippen molar-refractivity contribution in [1.82, 2.24) is 14.9 Å². The van der Waals surface area contributed by atoms with E-state index in [1.807, 2.05) is 50.2 Å². The first-order valence-corrected chi connectivity index (χ1v) is 14.4. The van der Waals surface area contributed by atoms with Crippen LogP contribution in [0.25, 0.3) is 10.1 Å². The van der Waals surface area contributed by atoms with Gasteiger partial charge in [0.2, 0.25) is 15.9 Å². The van der Waals surface area contributed by atoms with Crippen LogP contribution in [0.15, 0.2) is 59.5 Å². The lowest BCUT2D eigenvalue weighted by molar-refractivity contribution is -0.123. The number of nitrogens with zero attached hydrogens (tertiary/aromatic N) is 2.